The summed E-state index contributed by atoms with van der Waals surface area (Å²) in [5, 5.41) is 9.08. The number of amides is 1. The van der Waals surface area contributed by atoms with Crippen LogP contribution in [0.5, 0.6) is 0 Å². The minimum Gasteiger partial charge on any atom is -0.457 e. The number of rotatable bonds is 5. The van der Waals surface area contributed by atoms with E-state index in [4.69, 9.17) is 10.00 Å². The van der Waals surface area contributed by atoms with Gasteiger partial charge < -0.3 is 9.64 Å². The van der Waals surface area contributed by atoms with E-state index in [1.807, 2.05) is 18.2 Å². The molecule has 1 saturated heterocycles. The summed E-state index contributed by atoms with van der Waals surface area (Å²) in [6.45, 7) is 4.98. The summed E-state index contributed by atoms with van der Waals surface area (Å²) >= 11 is 0. The molecule has 1 amide bonds. The number of carbonyl (C=O) groups is 2. The predicted molar refractivity (Wildman–Crippen MR) is 113 cm³/mol. The van der Waals surface area contributed by atoms with Crippen molar-refractivity contribution in [2.45, 2.75) is 32.8 Å². The van der Waals surface area contributed by atoms with E-state index in [9.17, 15) is 18.4 Å². The Morgan fingerprint density at radius 3 is 2.72 bits per heavy atom. The van der Waals surface area contributed by atoms with Crippen LogP contribution in [0.4, 0.5) is 8.78 Å². The minimum atomic E-state index is -1.50. The second-order valence-corrected chi connectivity index (χ2v) is 8.72. The topological polar surface area (TPSA) is 73.6 Å². The predicted octanol–water partition coefficient (Wildman–Crippen LogP) is 3.44. The number of fused-ring (bicyclic) bond motifs is 1. The molecule has 0 bridgehead atoms. The van der Waals surface area contributed by atoms with Crippen LogP contribution in [0.15, 0.2) is 41.5 Å². The molecule has 2 heterocycles. The van der Waals surface area contributed by atoms with Crippen LogP contribution in [0.25, 0.3) is 0 Å². The molecule has 1 aliphatic carbocycles. The monoisotopic (exact) mass is 441 g/mol. The number of allylic oxidation sites excluding steroid dienone is 3. The Kier molecular flexibility index (Phi) is 6.11. The number of carbonyl (C=O) groups excluding carboxylic acids is 2. The van der Waals surface area contributed by atoms with Gasteiger partial charge in [-0.25, -0.2) is 13.6 Å². The summed E-state index contributed by atoms with van der Waals surface area (Å²) in [4.78, 5) is 28.1. The molecular formula is C24H25F2N3O3. The molecule has 1 fully saturated rings. The van der Waals surface area contributed by atoms with Crippen molar-refractivity contribution >= 4 is 11.9 Å². The number of esters is 1. The highest BCUT2D eigenvalue weighted by Crippen LogP contribution is 2.41. The SMILES string of the molecule is CC1(C#N)CC=C(CC(=O)N2CCN(CCc3ccc4c(c3)COC4=O)CC2)C(F)=C1F. The molecule has 168 valence electrons. The van der Waals surface area contributed by atoms with Crippen molar-refractivity contribution in [3.05, 3.63) is 58.2 Å². The van der Waals surface area contributed by atoms with Gasteiger partial charge in [-0.15, -0.1) is 0 Å². The van der Waals surface area contributed by atoms with Crippen molar-refractivity contribution < 1.29 is 23.1 Å². The highest BCUT2D eigenvalue weighted by atomic mass is 19.2. The molecule has 0 saturated carbocycles. The third-order valence-corrected chi connectivity index (χ3v) is 6.49. The molecule has 4 rings (SSSR count). The van der Waals surface area contributed by atoms with Gasteiger partial charge in [-0.05, 0) is 37.0 Å². The minimum absolute atomic E-state index is 0.0294. The molecular weight excluding hydrogens is 416 g/mol. The molecule has 2 aliphatic heterocycles. The number of piperazine rings is 1. The molecule has 1 aromatic carbocycles. The summed E-state index contributed by atoms with van der Waals surface area (Å²) in [6.07, 6.45) is 2.15. The van der Waals surface area contributed by atoms with Gasteiger partial charge in [0.25, 0.3) is 0 Å². The normalized spacial score (nSPS) is 23.5. The summed E-state index contributed by atoms with van der Waals surface area (Å²) in [6, 6.07) is 7.57. The molecule has 1 atom stereocenters. The molecule has 0 aromatic heterocycles. The molecule has 3 aliphatic rings. The standard InChI is InChI=1S/C24H25F2N3O3/c1-24(15-27)6-4-17(21(25)22(24)26)13-20(30)29-10-8-28(9-11-29)7-5-16-2-3-19-18(12-16)14-32-23(19)31/h2-4,12H,5-11,13-14H2,1H3. The molecule has 6 nitrogen and oxygen atoms in total. The molecule has 8 heteroatoms. The van der Waals surface area contributed by atoms with Crippen LogP contribution < -0.4 is 0 Å². The smallest absolute Gasteiger partial charge is 0.338 e. The lowest BCUT2D eigenvalue weighted by Gasteiger charge is -2.35. The Labute approximate surface area is 185 Å². The first kappa shape index (κ1) is 22.2. The van der Waals surface area contributed by atoms with Crippen molar-refractivity contribution in [3.8, 4) is 6.07 Å². The summed E-state index contributed by atoms with van der Waals surface area (Å²) in [5.41, 5.74) is 1.23. The molecule has 1 unspecified atom stereocenters. The summed E-state index contributed by atoms with van der Waals surface area (Å²) in [7, 11) is 0. The maximum atomic E-state index is 14.4. The zero-order valence-electron chi connectivity index (χ0n) is 18.0. The van der Waals surface area contributed by atoms with Crippen LogP contribution >= 0.6 is 0 Å². The lowest BCUT2D eigenvalue weighted by molar-refractivity contribution is -0.132. The molecule has 32 heavy (non-hydrogen) atoms. The van der Waals surface area contributed by atoms with E-state index in [1.165, 1.54) is 13.0 Å². The number of ether oxygens (including phenoxy) is 1. The first-order chi connectivity index (χ1) is 15.3. The first-order valence-corrected chi connectivity index (χ1v) is 10.8. The lowest BCUT2D eigenvalue weighted by atomic mass is 9.81. The lowest BCUT2D eigenvalue weighted by Crippen LogP contribution is -2.49. The Balaban J connectivity index is 1.26. The van der Waals surface area contributed by atoms with Gasteiger partial charge in [-0.2, -0.15) is 5.26 Å². The van der Waals surface area contributed by atoms with Gasteiger partial charge in [0.05, 0.1) is 18.1 Å². The van der Waals surface area contributed by atoms with Crippen molar-refractivity contribution in [1.29, 1.82) is 5.26 Å². The largest absolute Gasteiger partial charge is 0.457 e. The van der Waals surface area contributed by atoms with Gasteiger partial charge in [-0.1, -0.05) is 18.2 Å². The Morgan fingerprint density at radius 2 is 2.00 bits per heavy atom. The van der Waals surface area contributed by atoms with Crippen molar-refractivity contribution in [1.82, 2.24) is 9.80 Å². The van der Waals surface area contributed by atoms with Gasteiger partial charge in [-0.3, -0.25) is 9.69 Å². The maximum absolute atomic E-state index is 14.4. The van der Waals surface area contributed by atoms with E-state index < -0.39 is 17.1 Å². The van der Waals surface area contributed by atoms with E-state index in [1.54, 1.807) is 11.0 Å². The third-order valence-electron chi connectivity index (χ3n) is 6.49. The number of nitriles is 1. The van der Waals surface area contributed by atoms with Crippen LogP contribution in [0.2, 0.25) is 0 Å². The average molecular weight is 441 g/mol. The van der Waals surface area contributed by atoms with Gasteiger partial charge in [0.15, 0.2) is 11.7 Å². The van der Waals surface area contributed by atoms with Gasteiger partial charge in [0.1, 0.15) is 12.0 Å². The van der Waals surface area contributed by atoms with Crippen molar-refractivity contribution in [3.63, 3.8) is 0 Å². The fourth-order valence-corrected chi connectivity index (χ4v) is 4.26. The highest BCUT2D eigenvalue weighted by Gasteiger charge is 2.37. The second kappa shape index (κ2) is 8.83. The van der Waals surface area contributed by atoms with Crippen LogP contribution in [0.1, 0.15) is 41.3 Å². The fourth-order valence-electron chi connectivity index (χ4n) is 4.26. The number of halogens is 2. The van der Waals surface area contributed by atoms with E-state index in [2.05, 4.69) is 4.90 Å². The van der Waals surface area contributed by atoms with E-state index in [-0.39, 0.29) is 30.3 Å². The Morgan fingerprint density at radius 1 is 1.25 bits per heavy atom. The number of hydrogen-bond acceptors (Lipinski definition) is 5. The molecule has 0 spiro atoms. The summed E-state index contributed by atoms with van der Waals surface area (Å²) in [5.74, 6) is -2.66. The van der Waals surface area contributed by atoms with Crippen molar-refractivity contribution in [2.75, 3.05) is 32.7 Å². The highest BCUT2D eigenvalue weighted by molar-refractivity contribution is 5.93. The number of benzene rings is 1. The Hall–Kier alpha value is -3.05. The zero-order chi connectivity index (χ0) is 22.9. The first-order valence-electron chi connectivity index (χ1n) is 10.8. The van der Waals surface area contributed by atoms with E-state index in [0.717, 1.165) is 24.1 Å². The van der Waals surface area contributed by atoms with Crippen molar-refractivity contribution in [2.24, 2.45) is 5.41 Å². The van der Waals surface area contributed by atoms with Gasteiger partial charge in [0, 0.05) is 38.3 Å². The van der Waals surface area contributed by atoms with Gasteiger partial charge in [0.2, 0.25) is 5.91 Å². The number of nitrogens with zero attached hydrogens (tertiary/aromatic N) is 3. The maximum Gasteiger partial charge on any atom is 0.338 e. The van der Waals surface area contributed by atoms with Crippen LogP contribution in [0, 0.1) is 16.7 Å². The number of cyclic esters (lactones) is 1. The molecule has 0 radical (unpaired) electrons. The second-order valence-electron chi connectivity index (χ2n) is 8.72. The number of hydrogen-bond donors (Lipinski definition) is 0. The Bertz CT molecular complexity index is 1050. The van der Waals surface area contributed by atoms with E-state index >= 15 is 0 Å². The summed E-state index contributed by atoms with van der Waals surface area (Å²) < 4.78 is 33.6. The average Bonchev–Trinajstić information content (AvgIpc) is 3.18. The van der Waals surface area contributed by atoms with Crippen LogP contribution in [-0.4, -0.2) is 54.4 Å². The molecule has 1 aromatic rings. The fraction of sp³-hybridized carbons (Fsp3) is 0.458. The third kappa shape index (κ3) is 4.30. The zero-order valence-corrected chi connectivity index (χ0v) is 18.0. The molecule has 0 N–H and O–H groups in total. The van der Waals surface area contributed by atoms with Crippen LogP contribution in [-0.2, 0) is 22.6 Å². The van der Waals surface area contributed by atoms with Gasteiger partial charge >= 0.3 is 5.97 Å². The van der Waals surface area contributed by atoms with Crippen LogP contribution in [0.3, 0.4) is 0 Å². The van der Waals surface area contributed by atoms with E-state index in [0.29, 0.717) is 38.3 Å². The quantitative estimate of drug-likeness (QED) is 0.655.